The number of carbonyl (C=O) groups excluding carboxylic acids is 1. The minimum Gasteiger partial charge on any atom is -0.324 e. The third kappa shape index (κ3) is 4.45. The highest BCUT2D eigenvalue weighted by Gasteiger charge is 2.11. The number of nitrogens with one attached hydrogen (secondary N) is 2. The fourth-order valence-corrected chi connectivity index (χ4v) is 2.54. The zero-order valence-corrected chi connectivity index (χ0v) is 15.2. The number of nitrogens with zero attached hydrogens (tertiary/aromatic N) is 2. The van der Waals surface area contributed by atoms with Gasteiger partial charge in [-0.25, -0.2) is 9.97 Å². The number of rotatable bonds is 5. The quantitative estimate of drug-likeness (QED) is 0.689. The first-order valence-electron chi connectivity index (χ1n) is 8.60. The maximum Gasteiger partial charge on any atom is 0.274 e. The molecule has 0 saturated heterocycles. The number of aromatic nitrogens is 2. The van der Waals surface area contributed by atoms with Crippen LogP contribution in [0.1, 0.15) is 41.5 Å². The first-order valence-corrected chi connectivity index (χ1v) is 8.60. The largest absolute Gasteiger partial charge is 0.324 e. The van der Waals surface area contributed by atoms with Gasteiger partial charge in [-0.1, -0.05) is 44.2 Å². The summed E-state index contributed by atoms with van der Waals surface area (Å²) in [4.78, 5) is 21.2. The molecule has 0 bridgehead atoms. The van der Waals surface area contributed by atoms with Crippen molar-refractivity contribution in [3.63, 3.8) is 0 Å². The number of para-hydroxylation sites is 1. The summed E-state index contributed by atoms with van der Waals surface area (Å²) in [5.41, 5.74) is 3.89. The summed E-state index contributed by atoms with van der Waals surface area (Å²) in [6.45, 7) is 6.11. The molecule has 0 aliphatic heterocycles. The highest BCUT2D eigenvalue weighted by atomic mass is 16.1. The van der Waals surface area contributed by atoms with E-state index in [1.807, 2.05) is 61.5 Å². The Morgan fingerprint density at radius 3 is 2.27 bits per heavy atom. The molecule has 0 radical (unpaired) electrons. The second kappa shape index (κ2) is 7.78. The van der Waals surface area contributed by atoms with Crippen LogP contribution in [0.3, 0.4) is 0 Å². The zero-order chi connectivity index (χ0) is 18.5. The van der Waals surface area contributed by atoms with Crippen LogP contribution in [0.4, 0.5) is 17.3 Å². The van der Waals surface area contributed by atoms with Crippen LogP contribution in [0.25, 0.3) is 0 Å². The lowest BCUT2D eigenvalue weighted by Gasteiger charge is -2.10. The highest BCUT2D eigenvalue weighted by Crippen LogP contribution is 2.18. The molecule has 3 aromatic rings. The van der Waals surface area contributed by atoms with E-state index in [0.29, 0.717) is 17.6 Å². The van der Waals surface area contributed by atoms with Gasteiger partial charge in [0.2, 0.25) is 5.95 Å². The standard InChI is InChI=1S/C21H22N4O/c1-14(2)16-9-11-18(12-10-16)23-20(26)19-13-15(3)22-21(25-19)24-17-7-5-4-6-8-17/h4-14H,1-3H3,(H,23,26)(H,22,24,25). The van der Waals surface area contributed by atoms with E-state index >= 15 is 0 Å². The van der Waals surface area contributed by atoms with Gasteiger partial charge in [0.15, 0.2) is 0 Å². The first-order chi connectivity index (χ1) is 12.5. The minimum atomic E-state index is -0.260. The molecule has 2 aromatic carbocycles. The molecule has 0 fully saturated rings. The van der Waals surface area contributed by atoms with Crippen molar-refractivity contribution >= 4 is 23.2 Å². The molecule has 0 atom stereocenters. The van der Waals surface area contributed by atoms with Crippen molar-refractivity contribution in [1.82, 2.24) is 9.97 Å². The number of benzene rings is 2. The Bertz CT molecular complexity index is 890. The summed E-state index contributed by atoms with van der Waals surface area (Å²) < 4.78 is 0. The van der Waals surface area contributed by atoms with Gasteiger partial charge >= 0.3 is 0 Å². The van der Waals surface area contributed by atoms with Crippen molar-refractivity contribution in [3.8, 4) is 0 Å². The Kier molecular flexibility index (Phi) is 5.27. The summed E-state index contributed by atoms with van der Waals surface area (Å²) in [5, 5.41) is 6.01. The number of hydrogen-bond acceptors (Lipinski definition) is 4. The van der Waals surface area contributed by atoms with E-state index in [2.05, 4.69) is 34.4 Å². The van der Waals surface area contributed by atoms with Crippen LogP contribution < -0.4 is 10.6 Å². The van der Waals surface area contributed by atoms with E-state index in [4.69, 9.17) is 0 Å². The summed E-state index contributed by atoms with van der Waals surface area (Å²) in [7, 11) is 0. The average Bonchev–Trinajstić information content (AvgIpc) is 2.62. The predicted octanol–water partition coefficient (Wildman–Crippen LogP) is 4.90. The molecule has 26 heavy (non-hydrogen) atoms. The molecular formula is C21H22N4O. The SMILES string of the molecule is Cc1cc(C(=O)Nc2ccc(C(C)C)cc2)nc(Nc2ccccc2)n1. The Hall–Kier alpha value is -3.21. The fourth-order valence-electron chi connectivity index (χ4n) is 2.54. The van der Waals surface area contributed by atoms with Crippen molar-refractivity contribution in [2.24, 2.45) is 0 Å². The first kappa shape index (κ1) is 17.6. The van der Waals surface area contributed by atoms with Gasteiger partial charge in [-0.05, 0) is 48.7 Å². The van der Waals surface area contributed by atoms with Crippen molar-refractivity contribution in [2.45, 2.75) is 26.7 Å². The van der Waals surface area contributed by atoms with Gasteiger partial charge in [-0.15, -0.1) is 0 Å². The predicted molar refractivity (Wildman–Crippen MR) is 105 cm³/mol. The summed E-state index contributed by atoms with van der Waals surface area (Å²) in [6.07, 6.45) is 0. The second-order valence-electron chi connectivity index (χ2n) is 6.44. The van der Waals surface area contributed by atoms with E-state index in [1.54, 1.807) is 6.07 Å². The van der Waals surface area contributed by atoms with Crippen molar-refractivity contribution in [1.29, 1.82) is 0 Å². The maximum absolute atomic E-state index is 12.6. The lowest BCUT2D eigenvalue weighted by Crippen LogP contribution is -2.15. The topological polar surface area (TPSA) is 66.9 Å². The lowest BCUT2D eigenvalue weighted by molar-refractivity contribution is 0.102. The molecular weight excluding hydrogens is 324 g/mol. The van der Waals surface area contributed by atoms with Crippen molar-refractivity contribution in [3.05, 3.63) is 77.6 Å². The summed E-state index contributed by atoms with van der Waals surface area (Å²) in [5.74, 6) is 0.594. The number of carbonyl (C=O) groups is 1. The molecule has 2 N–H and O–H groups in total. The Balaban J connectivity index is 1.76. The molecule has 1 heterocycles. The Morgan fingerprint density at radius 2 is 1.62 bits per heavy atom. The monoisotopic (exact) mass is 346 g/mol. The van der Waals surface area contributed by atoms with Gasteiger partial charge in [-0.2, -0.15) is 0 Å². The molecule has 0 aliphatic carbocycles. The molecule has 0 spiro atoms. The molecule has 5 nitrogen and oxygen atoms in total. The third-order valence-corrected chi connectivity index (χ3v) is 3.95. The Labute approximate surface area is 153 Å². The van der Waals surface area contributed by atoms with Gasteiger partial charge in [0.05, 0.1) is 0 Å². The molecule has 1 amide bonds. The van der Waals surface area contributed by atoms with Crippen LogP contribution >= 0.6 is 0 Å². The molecule has 132 valence electrons. The molecule has 1 aromatic heterocycles. The highest BCUT2D eigenvalue weighted by molar-refractivity contribution is 6.03. The van der Waals surface area contributed by atoms with E-state index in [1.165, 1.54) is 5.56 Å². The Morgan fingerprint density at radius 1 is 0.923 bits per heavy atom. The van der Waals surface area contributed by atoms with Gasteiger partial charge in [0, 0.05) is 17.1 Å². The van der Waals surface area contributed by atoms with E-state index in [0.717, 1.165) is 17.1 Å². The van der Waals surface area contributed by atoms with E-state index in [9.17, 15) is 4.79 Å². The molecule has 3 rings (SSSR count). The van der Waals surface area contributed by atoms with Crippen LogP contribution in [-0.2, 0) is 0 Å². The number of anilines is 3. The number of hydrogen-bond donors (Lipinski definition) is 2. The number of amides is 1. The van der Waals surface area contributed by atoms with E-state index < -0.39 is 0 Å². The smallest absolute Gasteiger partial charge is 0.274 e. The van der Waals surface area contributed by atoms with Gasteiger partial charge in [-0.3, -0.25) is 4.79 Å². The van der Waals surface area contributed by atoms with Crippen LogP contribution in [0, 0.1) is 6.92 Å². The average molecular weight is 346 g/mol. The summed E-state index contributed by atoms with van der Waals surface area (Å²) in [6, 6.07) is 19.2. The van der Waals surface area contributed by atoms with Crippen LogP contribution in [0.2, 0.25) is 0 Å². The molecule has 5 heteroatoms. The fraction of sp³-hybridized carbons (Fsp3) is 0.190. The molecule has 0 unspecified atom stereocenters. The molecule has 0 saturated carbocycles. The van der Waals surface area contributed by atoms with E-state index in [-0.39, 0.29) is 5.91 Å². The van der Waals surface area contributed by atoms with Crippen LogP contribution in [0.15, 0.2) is 60.7 Å². The second-order valence-corrected chi connectivity index (χ2v) is 6.44. The van der Waals surface area contributed by atoms with Crippen molar-refractivity contribution in [2.75, 3.05) is 10.6 Å². The molecule has 0 aliphatic rings. The normalized spacial score (nSPS) is 10.6. The van der Waals surface area contributed by atoms with Crippen molar-refractivity contribution < 1.29 is 4.79 Å². The number of aryl methyl sites for hydroxylation is 1. The van der Waals surface area contributed by atoms with Gasteiger partial charge < -0.3 is 10.6 Å². The summed E-state index contributed by atoms with van der Waals surface area (Å²) >= 11 is 0. The minimum absolute atomic E-state index is 0.260. The van der Waals surface area contributed by atoms with Crippen LogP contribution in [-0.4, -0.2) is 15.9 Å². The van der Waals surface area contributed by atoms with Gasteiger partial charge in [0.25, 0.3) is 5.91 Å². The maximum atomic E-state index is 12.6. The zero-order valence-electron chi connectivity index (χ0n) is 15.2. The van der Waals surface area contributed by atoms with Gasteiger partial charge in [0.1, 0.15) is 5.69 Å². The third-order valence-electron chi connectivity index (χ3n) is 3.95. The van der Waals surface area contributed by atoms with Crippen LogP contribution in [0.5, 0.6) is 0 Å². The lowest BCUT2D eigenvalue weighted by atomic mass is 10.0.